The van der Waals surface area contributed by atoms with E-state index in [0.717, 1.165) is 18.8 Å². The van der Waals surface area contributed by atoms with Crippen LogP contribution in [-0.2, 0) is 14.3 Å². The Bertz CT molecular complexity index is 435. The number of hydrogen-bond acceptors (Lipinski definition) is 4. The van der Waals surface area contributed by atoms with Gasteiger partial charge in [-0.2, -0.15) is 0 Å². The first-order chi connectivity index (χ1) is 12.0. The minimum absolute atomic E-state index is 0.00439. The highest BCUT2D eigenvalue weighted by atomic mass is 16.5. The number of carboxylic acids is 1. The lowest BCUT2D eigenvalue weighted by atomic mass is 9.79. The predicted octanol–water partition coefficient (Wildman–Crippen LogP) is 2.23. The van der Waals surface area contributed by atoms with Crippen molar-refractivity contribution in [3.8, 4) is 0 Å². The summed E-state index contributed by atoms with van der Waals surface area (Å²) in [4.78, 5) is 27.3. The Morgan fingerprint density at radius 1 is 1.24 bits per heavy atom. The third kappa shape index (κ3) is 6.59. The minimum Gasteiger partial charge on any atom is -0.480 e. The van der Waals surface area contributed by atoms with E-state index in [4.69, 9.17) is 9.84 Å². The lowest BCUT2D eigenvalue weighted by molar-refractivity contribution is -0.146. The molecule has 6 heteroatoms. The van der Waals surface area contributed by atoms with Crippen molar-refractivity contribution in [2.24, 2.45) is 11.8 Å². The predicted molar refractivity (Wildman–Crippen MR) is 96.4 cm³/mol. The quantitative estimate of drug-likeness (QED) is 0.724. The van der Waals surface area contributed by atoms with E-state index < -0.39 is 5.97 Å². The van der Waals surface area contributed by atoms with Gasteiger partial charge in [-0.15, -0.1) is 0 Å². The number of hydrogen-bond donors (Lipinski definition) is 1. The molecule has 1 amide bonds. The first-order valence-electron chi connectivity index (χ1n) is 9.80. The van der Waals surface area contributed by atoms with Crippen molar-refractivity contribution < 1.29 is 19.4 Å². The van der Waals surface area contributed by atoms with Crippen LogP contribution < -0.4 is 0 Å². The summed E-state index contributed by atoms with van der Waals surface area (Å²) < 4.78 is 5.73. The van der Waals surface area contributed by atoms with Gasteiger partial charge >= 0.3 is 5.97 Å². The van der Waals surface area contributed by atoms with Gasteiger partial charge in [-0.1, -0.05) is 26.2 Å². The summed E-state index contributed by atoms with van der Waals surface area (Å²) in [5.74, 6) is 0.425. The van der Waals surface area contributed by atoms with Crippen molar-refractivity contribution in [1.29, 1.82) is 0 Å². The van der Waals surface area contributed by atoms with Gasteiger partial charge < -0.3 is 14.7 Å². The number of carboxylic acid groups (broad SMARTS) is 1. The average Bonchev–Trinajstić information content (AvgIpc) is 2.59. The lowest BCUT2D eigenvalue weighted by Gasteiger charge is -2.38. The molecule has 6 nitrogen and oxygen atoms in total. The largest absolute Gasteiger partial charge is 0.480 e. The Kier molecular flexibility index (Phi) is 8.16. The van der Waals surface area contributed by atoms with Gasteiger partial charge in [0.25, 0.3) is 0 Å². The van der Waals surface area contributed by atoms with Gasteiger partial charge in [0.15, 0.2) is 0 Å². The van der Waals surface area contributed by atoms with E-state index in [9.17, 15) is 9.59 Å². The van der Waals surface area contributed by atoms with Crippen LogP contribution in [-0.4, -0.2) is 72.7 Å². The van der Waals surface area contributed by atoms with E-state index in [1.807, 2.05) is 4.90 Å². The molecule has 2 aliphatic rings. The molecule has 144 valence electrons. The standard InChI is InChI=1S/C19H34N2O4/c1-3-4-5-15-6-8-16(9-7-15)19(24)21-10-11-25-17(13-21)12-20(2)14-18(22)23/h15-17H,3-14H2,1-2H3,(H,22,23). The molecule has 0 aromatic carbocycles. The van der Waals surface area contributed by atoms with Gasteiger partial charge in [0.2, 0.25) is 5.91 Å². The van der Waals surface area contributed by atoms with E-state index in [-0.39, 0.29) is 24.5 Å². The van der Waals surface area contributed by atoms with E-state index in [1.165, 1.54) is 32.1 Å². The second-order valence-electron chi connectivity index (χ2n) is 7.73. The maximum absolute atomic E-state index is 12.8. The summed E-state index contributed by atoms with van der Waals surface area (Å²) in [5.41, 5.74) is 0. The van der Waals surface area contributed by atoms with Gasteiger partial charge in [0.1, 0.15) is 0 Å². The summed E-state index contributed by atoms with van der Waals surface area (Å²) in [5, 5.41) is 8.85. The van der Waals surface area contributed by atoms with Crippen LogP contribution in [0, 0.1) is 11.8 Å². The monoisotopic (exact) mass is 354 g/mol. The van der Waals surface area contributed by atoms with E-state index in [1.54, 1.807) is 11.9 Å². The SMILES string of the molecule is CCCCC1CCC(C(=O)N2CCOC(CN(C)CC(=O)O)C2)CC1. The molecule has 2 fully saturated rings. The number of unbranched alkanes of at least 4 members (excludes halogenated alkanes) is 1. The fraction of sp³-hybridized carbons (Fsp3) is 0.895. The Morgan fingerprint density at radius 2 is 1.96 bits per heavy atom. The summed E-state index contributed by atoms with van der Waals surface area (Å²) in [7, 11) is 1.77. The molecule has 0 aromatic heterocycles. The number of aliphatic carboxylic acids is 1. The van der Waals surface area contributed by atoms with Gasteiger partial charge in [-0.3, -0.25) is 14.5 Å². The summed E-state index contributed by atoms with van der Waals surface area (Å²) >= 11 is 0. The number of carbonyl (C=O) groups excluding carboxylic acids is 1. The summed E-state index contributed by atoms with van der Waals surface area (Å²) in [6.07, 6.45) is 8.19. The molecule has 0 radical (unpaired) electrons. The second kappa shape index (κ2) is 10.1. The van der Waals surface area contributed by atoms with Crippen LogP contribution in [0.4, 0.5) is 0 Å². The molecule has 1 saturated heterocycles. The fourth-order valence-corrected chi connectivity index (χ4v) is 4.12. The second-order valence-corrected chi connectivity index (χ2v) is 7.73. The third-order valence-electron chi connectivity index (χ3n) is 5.53. The Hall–Kier alpha value is -1.14. The van der Waals surface area contributed by atoms with Gasteiger partial charge in [-0.25, -0.2) is 0 Å². The number of likely N-dealkylation sites (N-methyl/N-ethyl adjacent to an activating group) is 1. The number of ether oxygens (including phenoxy) is 1. The van der Waals surface area contributed by atoms with Crippen LogP contribution in [0.25, 0.3) is 0 Å². The average molecular weight is 354 g/mol. The van der Waals surface area contributed by atoms with Crippen molar-refractivity contribution in [3.05, 3.63) is 0 Å². The third-order valence-corrected chi connectivity index (χ3v) is 5.53. The number of carbonyl (C=O) groups is 2. The van der Waals surface area contributed by atoms with Crippen LogP contribution >= 0.6 is 0 Å². The van der Waals surface area contributed by atoms with Crippen LogP contribution in [0.1, 0.15) is 51.9 Å². The summed E-state index contributed by atoms with van der Waals surface area (Å²) in [6.45, 7) is 4.56. The maximum atomic E-state index is 12.8. The molecule has 0 bridgehead atoms. The smallest absolute Gasteiger partial charge is 0.317 e. The number of nitrogens with zero attached hydrogens (tertiary/aromatic N) is 2. The molecular weight excluding hydrogens is 320 g/mol. The van der Waals surface area contributed by atoms with E-state index >= 15 is 0 Å². The van der Waals surface area contributed by atoms with Crippen LogP contribution in [0.3, 0.4) is 0 Å². The van der Waals surface area contributed by atoms with Crippen molar-refractivity contribution in [2.45, 2.75) is 58.0 Å². The van der Waals surface area contributed by atoms with Crippen LogP contribution in [0.2, 0.25) is 0 Å². The molecule has 1 aliphatic carbocycles. The zero-order chi connectivity index (χ0) is 18.2. The maximum Gasteiger partial charge on any atom is 0.317 e. The topological polar surface area (TPSA) is 70.1 Å². The normalized spacial score (nSPS) is 27.5. The van der Waals surface area contributed by atoms with E-state index in [0.29, 0.717) is 26.2 Å². The molecule has 0 spiro atoms. The first-order valence-corrected chi connectivity index (χ1v) is 9.80. The molecule has 1 N–H and O–H groups in total. The van der Waals surface area contributed by atoms with Gasteiger partial charge in [-0.05, 0) is 38.6 Å². The molecule has 0 aromatic rings. The van der Waals surface area contributed by atoms with Gasteiger partial charge in [0, 0.05) is 25.6 Å². The molecule has 1 heterocycles. The Labute approximate surface area is 151 Å². The highest BCUT2D eigenvalue weighted by molar-refractivity contribution is 5.79. The zero-order valence-corrected chi connectivity index (χ0v) is 15.8. The Balaban J connectivity index is 1.77. The molecular formula is C19H34N2O4. The molecule has 1 saturated carbocycles. The number of amides is 1. The van der Waals surface area contributed by atoms with Gasteiger partial charge in [0.05, 0.1) is 19.3 Å². The van der Waals surface area contributed by atoms with Crippen LogP contribution in [0.15, 0.2) is 0 Å². The number of morpholine rings is 1. The van der Waals surface area contributed by atoms with E-state index in [2.05, 4.69) is 6.92 Å². The molecule has 2 rings (SSSR count). The fourth-order valence-electron chi connectivity index (χ4n) is 4.12. The molecule has 1 unspecified atom stereocenters. The zero-order valence-electron chi connectivity index (χ0n) is 15.8. The number of rotatable bonds is 8. The molecule has 25 heavy (non-hydrogen) atoms. The first kappa shape index (κ1) is 20.2. The van der Waals surface area contributed by atoms with Crippen molar-refractivity contribution >= 4 is 11.9 Å². The van der Waals surface area contributed by atoms with Crippen LogP contribution in [0.5, 0.6) is 0 Å². The minimum atomic E-state index is -0.842. The highest BCUT2D eigenvalue weighted by Gasteiger charge is 2.32. The molecule has 1 aliphatic heterocycles. The molecule has 1 atom stereocenters. The van der Waals surface area contributed by atoms with Crippen molar-refractivity contribution in [1.82, 2.24) is 9.80 Å². The van der Waals surface area contributed by atoms with Crippen molar-refractivity contribution in [2.75, 3.05) is 39.8 Å². The van der Waals surface area contributed by atoms with Crippen molar-refractivity contribution in [3.63, 3.8) is 0 Å². The highest BCUT2D eigenvalue weighted by Crippen LogP contribution is 2.33. The summed E-state index contributed by atoms with van der Waals surface area (Å²) in [6, 6.07) is 0. The lowest BCUT2D eigenvalue weighted by Crippen LogP contribution is -2.51. The Morgan fingerprint density at radius 3 is 2.60 bits per heavy atom.